The average Bonchev–Trinajstić information content (AvgIpc) is 3.08. The molecular formula is C19H18FN5O2. The predicted molar refractivity (Wildman–Crippen MR) is 96.7 cm³/mol. The molecule has 0 spiro atoms. The number of aromatic nitrogens is 3. The summed E-state index contributed by atoms with van der Waals surface area (Å²) in [6.07, 6.45) is 3.24. The second-order valence-electron chi connectivity index (χ2n) is 6.48. The Morgan fingerprint density at radius 3 is 3.07 bits per heavy atom. The smallest absolute Gasteiger partial charge is 0.228 e. The quantitative estimate of drug-likeness (QED) is 0.676. The van der Waals surface area contributed by atoms with Crippen molar-refractivity contribution in [1.82, 2.24) is 19.9 Å². The van der Waals surface area contributed by atoms with E-state index < -0.39 is 11.7 Å². The number of halogens is 1. The van der Waals surface area contributed by atoms with Crippen molar-refractivity contribution in [3.63, 3.8) is 0 Å². The first-order valence-electron chi connectivity index (χ1n) is 8.77. The molecule has 2 aromatic heterocycles. The number of pyridine rings is 1. The fourth-order valence-electron chi connectivity index (χ4n) is 3.31. The minimum atomic E-state index is -0.682. The summed E-state index contributed by atoms with van der Waals surface area (Å²) in [4.78, 5) is 24.4. The number of nitrogens with one attached hydrogen (secondary N) is 2. The van der Waals surface area contributed by atoms with Crippen LogP contribution in [0.15, 0.2) is 42.6 Å². The summed E-state index contributed by atoms with van der Waals surface area (Å²) in [6.45, 7) is 0.434. The van der Waals surface area contributed by atoms with E-state index in [1.807, 2.05) is 28.8 Å². The van der Waals surface area contributed by atoms with Gasteiger partial charge in [0.1, 0.15) is 11.6 Å². The molecule has 27 heavy (non-hydrogen) atoms. The van der Waals surface area contributed by atoms with Crippen molar-refractivity contribution < 1.29 is 14.0 Å². The van der Waals surface area contributed by atoms with Gasteiger partial charge in [-0.1, -0.05) is 6.07 Å². The van der Waals surface area contributed by atoms with Gasteiger partial charge in [-0.25, -0.2) is 4.39 Å². The van der Waals surface area contributed by atoms with Crippen LogP contribution in [-0.4, -0.2) is 33.0 Å². The number of aryl methyl sites for hydroxylation is 1. The molecule has 1 aromatic carbocycles. The number of carbonyl (C=O) groups is 2. The van der Waals surface area contributed by atoms with E-state index in [2.05, 4.69) is 20.8 Å². The Bertz CT molecular complexity index is 1020. The third-order valence-electron chi connectivity index (χ3n) is 4.63. The Labute approximate surface area is 154 Å². The Morgan fingerprint density at radius 1 is 1.30 bits per heavy atom. The Balaban J connectivity index is 1.37. The molecule has 4 rings (SSSR count). The number of nitrogens with zero attached hydrogens (tertiary/aromatic N) is 3. The van der Waals surface area contributed by atoms with Gasteiger partial charge in [-0.2, -0.15) is 0 Å². The number of hydrogen-bond donors (Lipinski definition) is 2. The molecule has 0 unspecified atom stereocenters. The van der Waals surface area contributed by atoms with Gasteiger partial charge in [0.25, 0.3) is 0 Å². The lowest BCUT2D eigenvalue weighted by Crippen LogP contribution is -2.35. The fraction of sp³-hybridized carbons (Fsp3) is 0.263. The van der Waals surface area contributed by atoms with E-state index in [1.54, 1.807) is 0 Å². The first-order valence-corrected chi connectivity index (χ1v) is 8.77. The highest BCUT2D eigenvalue weighted by atomic mass is 19.1. The molecule has 3 aromatic rings. The molecule has 8 heteroatoms. The van der Waals surface area contributed by atoms with Crippen LogP contribution in [-0.2, 0) is 16.0 Å². The van der Waals surface area contributed by atoms with Crippen LogP contribution in [0.3, 0.4) is 0 Å². The summed E-state index contributed by atoms with van der Waals surface area (Å²) < 4.78 is 15.5. The molecule has 0 saturated carbocycles. The number of anilines is 1. The van der Waals surface area contributed by atoms with Crippen molar-refractivity contribution in [3.05, 3.63) is 59.8 Å². The molecule has 2 N–H and O–H groups in total. The molecule has 1 atom stereocenters. The van der Waals surface area contributed by atoms with Crippen LogP contribution in [0.5, 0.6) is 0 Å². The van der Waals surface area contributed by atoms with Crippen molar-refractivity contribution in [2.24, 2.45) is 0 Å². The van der Waals surface area contributed by atoms with Crippen LogP contribution >= 0.6 is 0 Å². The normalized spacial score (nSPS) is 16.0. The molecule has 3 heterocycles. The van der Waals surface area contributed by atoms with E-state index >= 15 is 0 Å². The predicted octanol–water partition coefficient (Wildman–Crippen LogP) is 2.04. The molecule has 0 radical (unpaired) electrons. The maximum absolute atomic E-state index is 13.6. The maximum atomic E-state index is 13.6. The van der Waals surface area contributed by atoms with Gasteiger partial charge in [-0.15, -0.1) is 10.2 Å². The summed E-state index contributed by atoms with van der Waals surface area (Å²) in [5.74, 6) is -0.809. The van der Waals surface area contributed by atoms with E-state index in [-0.39, 0.29) is 18.2 Å². The first-order chi connectivity index (χ1) is 13.1. The standard InChI is InChI=1S/C19H18FN5O2/c20-12-6-7-15-13(10-12)14(11-18(26)22-15)19(27)21-8-3-5-17-24-23-16-4-1-2-9-25(16)17/h1-2,4,6-7,9-10,14H,3,5,8,11H2,(H,21,27)(H,22,26)/t14-/m0/s1. The van der Waals surface area contributed by atoms with Crippen LogP contribution in [0.4, 0.5) is 10.1 Å². The van der Waals surface area contributed by atoms with Crippen LogP contribution in [0.1, 0.15) is 30.1 Å². The highest BCUT2D eigenvalue weighted by Gasteiger charge is 2.30. The zero-order valence-corrected chi connectivity index (χ0v) is 14.5. The van der Waals surface area contributed by atoms with Gasteiger partial charge in [-0.05, 0) is 42.3 Å². The molecule has 0 saturated heterocycles. The van der Waals surface area contributed by atoms with Crippen molar-refractivity contribution >= 4 is 23.1 Å². The van der Waals surface area contributed by atoms with Gasteiger partial charge in [0, 0.05) is 31.3 Å². The number of hydrogen-bond acceptors (Lipinski definition) is 4. The van der Waals surface area contributed by atoms with Gasteiger partial charge in [0.15, 0.2) is 5.65 Å². The maximum Gasteiger partial charge on any atom is 0.228 e. The molecular weight excluding hydrogens is 349 g/mol. The van der Waals surface area contributed by atoms with Crippen LogP contribution in [0.25, 0.3) is 5.65 Å². The second-order valence-corrected chi connectivity index (χ2v) is 6.48. The highest BCUT2D eigenvalue weighted by molar-refractivity contribution is 6.01. The van der Waals surface area contributed by atoms with Gasteiger partial charge in [0.05, 0.1) is 5.92 Å². The molecule has 0 aliphatic carbocycles. The van der Waals surface area contributed by atoms with E-state index in [9.17, 15) is 14.0 Å². The van der Waals surface area contributed by atoms with Gasteiger partial charge in [-0.3, -0.25) is 14.0 Å². The summed E-state index contributed by atoms with van der Waals surface area (Å²) in [5.41, 5.74) is 1.78. The number of fused-ring (bicyclic) bond motifs is 2. The van der Waals surface area contributed by atoms with E-state index in [0.29, 0.717) is 30.6 Å². The van der Waals surface area contributed by atoms with E-state index in [1.165, 1.54) is 18.2 Å². The molecule has 7 nitrogen and oxygen atoms in total. The third kappa shape index (κ3) is 3.51. The zero-order chi connectivity index (χ0) is 18.8. The molecule has 2 amide bonds. The van der Waals surface area contributed by atoms with Gasteiger partial charge < -0.3 is 10.6 Å². The van der Waals surface area contributed by atoms with E-state index in [0.717, 1.165) is 11.5 Å². The molecule has 138 valence electrons. The fourth-order valence-corrected chi connectivity index (χ4v) is 3.31. The first kappa shape index (κ1) is 17.1. The highest BCUT2D eigenvalue weighted by Crippen LogP contribution is 2.32. The lowest BCUT2D eigenvalue weighted by Gasteiger charge is -2.24. The minimum Gasteiger partial charge on any atom is -0.356 e. The summed E-state index contributed by atoms with van der Waals surface area (Å²) in [6, 6.07) is 9.74. The lowest BCUT2D eigenvalue weighted by molar-refractivity contribution is -0.126. The monoisotopic (exact) mass is 367 g/mol. The van der Waals surface area contributed by atoms with E-state index in [4.69, 9.17) is 0 Å². The van der Waals surface area contributed by atoms with Crippen LogP contribution in [0.2, 0.25) is 0 Å². The number of carbonyl (C=O) groups excluding carboxylic acids is 2. The summed E-state index contributed by atoms with van der Waals surface area (Å²) >= 11 is 0. The molecule has 0 bridgehead atoms. The van der Waals surface area contributed by atoms with Gasteiger partial charge >= 0.3 is 0 Å². The topological polar surface area (TPSA) is 88.4 Å². The zero-order valence-electron chi connectivity index (χ0n) is 14.5. The minimum absolute atomic E-state index is 0.0110. The summed E-state index contributed by atoms with van der Waals surface area (Å²) in [7, 11) is 0. The Morgan fingerprint density at radius 2 is 2.19 bits per heavy atom. The largest absolute Gasteiger partial charge is 0.356 e. The van der Waals surface area contributed by atoms with Crippen molar-refractivity contribution in [2.75, 3.05) is 11.9 Å². The number of rotatable bonds is 5. The van der Waals surface area contributed by atoms with Crippen LogP contribution in [0, 0.1) is 5.82 Å². The summed E-state index contributed by atoms with van der Waals surface area (Å²) in [5, 5.41) is 13.8. The Kier molecular flexibility index (Phi) is 4.53. The van der Waals surface area contributed by atoms with Crippen molar-refractivity contribution in [3.8, 4) is 0 Å². The third-order valence-corrected chi connectivity index (χ3v) is 4.63. The van der Waals surface area contributed by atoms with Crippen LogP contribution < -0.4 is 10.6 Å². The molecule has 1 aliphatic rings. The Hall–Kier alpha value is -3.29. The van der Waals surface area contributed by atoms with Crippen molar-refractivity contribution in [1.29, 1.82) is 0 Å². The average molecular weight is 367 g/mol. The van der Waals surface area contributed by atoms with Gasteiger partial charge in [0.2, 0.25) is 11.8 Å². The SMILES string of the molecule is O=C1C[C@H](C(=O)NCCCc2nnc3ccccn23)c2cc(F)ccc2N1. The number of amides is 2. The molecule has 1 aliphatic heterocycles. The second kappa shape index (κ2) is 7.14. The molecule has 0 fully saturated rings. The number of benzene rings is 1. The van der Waals surface area contributed by atoms with Crippen molar-refractivity contribution in [2.45, 2.75) is 25.2 Å². The lowest BCUT2D eigenvalue weighted by atomic mass is 9.89.